The van der Waals surface area contributed by atoms with E-state index in [1.165, 1.54) is 10.7 Å². The molecule has 1 aromatic carbocycles. The molecule has 0 unspecified atom stereocenters. The number of carbonyl (C=O) groups excluding carboxylic acids is 1. The molecule has 3 aromatic rings. The number of amides is 1. The molecule has 1 aliphatic heterocycles. The molecule has 28 heavy (non-hydrogen) atoms. The molecule has 1 atom stereocenters. The number of likely N-dealkylation sites (tertiary alicyclic amines) is 1. The van der Waals surface area contributed by atoms with Crippen molar-refractivity contribution >= 4 is 5.91 Å². The van der Waals surface area contributed by atoms with E-state index in [1.807, 2.05) is 41.3 Å². The van der Waals surface area contributed by atoms with Crippen LogP contribution in [0.25, 0.3) is 11.3 Å². The molecular formula is C22H23N3O3. The molecule has 6 nitrogen and oxygen atoms in total. The Bertz CT molecular complexity index is 1020. The minimum atomic E-state index is -0.165. The van der Waals surface area contributed by atoms with E-state index in [2.05, 4.69) is 5.10 Å². The van der Waals surface area contributed by atoms with E-state index in [0.717, 1.165) is 37.0 Å². The van der Waals surface area contributed by atoms with Gasteiger partial charge in [0.2, 0.25) is 0 Å². The summed E-state index contributed by atoms with van der Waals surface area (Å²) in [4.78, 5) is 26.9. The molecule has 1 aliphatic rings. The predicted octanol–water partition coefficient (Wildman–Crippen LogP) is 3.80. The van der Waals surface area contributed by atoms with Gasteiger partial charge in [0.25, 0.3) is 11.5 Å². The number of aryl methyl sites for hydroxylation is 1. The lowest BCUT2D eigenvalue weighted by molar-refractivity contribution is 0.0658. The van der Waals surface area contributed by atoms with Gasteiger partial charge in [-0.3, -0.25) is 9.59 Å². The Morgan fingerprint density at radius 2 is 2.00 bits per heavy atom. The van der Waals surface area contributed by atoms with Gasteiger partial charge in [0.05, 0.1) is 18.0 Å². The summed E-state index contributed by atoms with van der Waals surface area (Å²) in [6, 6.07) is 14.4. The number of furan rings is 1. The van der Waals surface area contributed by atoms with Crippen molar-refractivity contribution in [1.82, 2.24) is 14.7 Å². The minimum Gasteiger partial charge on any atom is -0.467 e. The SMILES string of the molecule is Cn1nc(-c2cccc(C(=O)N3CCCCC[C@@H]3c3ccco3)c2)ccc1=O. The second-order valence-electron chi connectivity index (χ2n) is 7.14. The average molecular weight is 377 g/mol. The van der Waals surface area contributed by atoms with E-state index in [1.54, 1.807) is 19.4 Å². The number of rotatable bonds is 3. The van der Waals surface area contributed by atoms with Gasteiger partial charge in [-0.25, -0.2) is 4.68 Å². The van der Waals surface area contributed by atoms with Crippen LogP contribution in [0.3, 0.4) is 0 Å². The van der Waals surface area contributed by atoms with Crippen molar-refractivity contribution in [2.45, 2.75) is 31.7 Å². The second kappa shape index (κ2) is 7.84. The molecule has 3 heterocycles. The molecule has 1 saturated heterocycles. The zero-order chi connectivity index (χ0) is 19.5. The van der Waals surface area contributed by atoms with Crippen molar-refractivity contribution < 1.29 is 9.21 Å². The van der Waals surface area contributed by atoms with Crippen molar-refractivity contribution in [2.75, 3.05) is 6.54 Å². The molecule has 0 saturated carbocycles. The van der Waals surface area contributed by atoms with Gasteiger partial charge in [-0.15, -0.1) is 0 Å². The fourth-order valence-corrected chi connectivity index (χ4v) is 3.76. The smallest absolute Gasteiger partial charge is 0.266 e. The number of hydrogen-bond acceptors (Lipinski definition) is 4. The lowest BCUT2D eigenvalue weighted by atomic mass is 10.0. The summed E-state index contributed by atoms with van der Waals surface area (Å²) >= 11 is 0. The Morgan fingerprint density at radius 3 is 2.79 bits per heavy atom. The number of aromatic nitrogens is 2. The quantitative estimate of drug-likeness (QED) is 0.696. The van der Waals surface area contributed by atoms with Crippen molar-refractivity contribution in [3.05, 3.63) is 76.5 Å². The minimum absolute atomic E-state index is 0.00466. The van der Waals surface area contributed by atoms with Crippen LogP contribution in [0.15, 0.2) is 64.0 Å². The van der Waals surface area contributed by atoms with E-state index in [0.29, 0.717) is 17.8 Å². The van der Waals surface area contributed by atoms with Crippen molar-refractivity contribution in [3.63, 3.8) is 0 Å². The maximum atomic E-state index is 13.4. The highest BCUT2D eigenvalue weighted by Gasteiger charge is 2.29. The summed E-state index contributed by atoms with van der Waals surface area (Å²) in [6.07, 6.45) is 5.75. The fraction of sp³-hybridized carbons (Fsp3) is 0.318. The van der Waals surface area contributed by atoms with Crippen LogP contribution in [0.4, 0.5) is 0 Å². The van der Waals surface area contributed by atoms with Gasteiger partial charge in [-0.1, -0.05) is 25.0 Å². The van der Waals surface area contributed by atoms with Crippen molar-refractivity contribution in [1.29, 1.82) is 0 Å². The van der Waals surface area contributed by atoms with E-state index < -0.39 is 0 Å². The Hall–Kier alpha value is -3.15. The molecule has 0 radical (unpaired) electrons. The van der Waals surface area contributed by atoms with Crippen LogP contribution in [0.1, 0.15) is 47.8 Å². The highest BCUT2D eigenvalue weighted by molar-refractivity contribution is 5.95. The Labute approximate surface area is 163 Å². The lowest BCUT2D eigenvalue weighted by Crippen LogP contribution is -2.34. The summed E-state index contributed by atoms with van der Waals surface area (Å²) < 4.78 is 6.92. The summed E-state index contributed by atoms with van der Waals surface area (Å²) in [5.41, 5.74) is 1.93. The van der Waals surface area contributed by atoms with Gasteiger partial charge < -0.3 is 9.32 Å². The van der Waals surface area contributed by atoms with Gasteiger partial charge in [-0.05, 0) is 43.2 Å². The third-order valence-corrected chi connectivity index (χ3v) is 5.25. The Morgan fingerprint density at radius 1 is 1.11 bits per heavy atom. The number of nitrogens with zero attached hydrogens (tertiary/aromatic N) is 3. The first kappa shape index (κ1) is 18.2. The maximum Gasteiger partial charge on any atom is 0.266 e. The first-order chi connectivity index (χ1) is 13.6. The second-order valence-corrected chi connectivity index (χ2v) is 7.14. The number of hydrogen-bond donors (Lipinski definition) is 0. The first-order valence-corrected chi connectivity index (χ1v) is 9.62. The third kappa shape index (κ3) is 3.63. The first-order valence-electron chi connectivity index (χ1n) is 9.62. The largest absolute Gasteiger partial charge is 0.467 e. The Balaban J connectivity index is 1.66. The molecule has 0 N–H and O–H groups in total. The van der Waals surface area contributed by atoms with Crippen LogP contribution in [0.5, 0.6) is 0 Å². The molecule has 1 amide bonds. The van der Waals surface area contributed by atoms with Crippen LogP contribution >= 0.6 is 0 Å². The van der Waals surface area contributed by atoms with Crippen molar-refractivity contribution in [2.24, 2.45) is 7.05 Å². The summed E-state index contributed by atoms with van der Waals surface area (Å²) in [6.45, 7) is 0.715. The summed E-state index contributed by atoms with van der Waals surface area (Å²) in [5, 5.41) is 4.29. The van der Waals surface area contributed by atoms with Crippen LogP contribution in [-0.4, -0.2) is 27.1 Å². The summed E-state index contributed by atoms with van der Waals surface area (Å²) in [7, 11) is 1.62. The van der Waals surface area contributed by atoms with E-state index in [9.17, 15) is 9.59 Å². The Kier molecular flexibility index (Phi) is 5.10. The van der Waals surface area contributed by atoms with Gasteiger partial charge in [-0.2, -0.15) is 5.10 Å². The molecule has 6 heteroatoms. The molecule has 144 valence electrons. The van der Waals surface area contributed by atoms with Crippen LogP contribution in [0, 0.1) is 0 Å². The van der Waals surface area contributed by atoms with Gasteiger partial charge in [0.1, 0.15) is 5.76 Å². The molecular weight excluding hydrogens is 354 g/mol. The van der Waals surface area contributed by atoms with Gasteiger partial charge >= 0.3 is 0 Å². The van der Waals surface area contributed by atoms with E-state index >= 15 is 0 Å². The van der Waals surface area contributed by atoms with Crippen LogP contribution in [-0.2, 0) is 7.05 Å². The van der Waals surface area contributed by atoms with Crippen LogP contribution in [0.2, 0.25) is 0 Å². The molecule has 2 aromatic heterocycles. The van der Waals surface area contributed by atoms with Crippen molar-refractivity contribution in [3.8, 4) is 11.3 Å². The third-order valence-electron chi connectivity index (χ3n) is 5.25. The molecule has 0 spiro atoms. The van der Waals surface area contributed by atoms with Gasteiger partial charge in [0, 0.05) is 30.8 Å². The highest BCUT2D eigenvalue weighted by atomic mass is 16.3. The topological polar surface area (TPSA) is 68.3 Å². The standard InChI is InChI=1S/C22H23N3O3/c1-24-21(26)12-11-18(23-24)16-7-5-8-17(15-16)22(27)25-13-4-2-3-9-19(25)20-10-6-14-28-20/h5-8,10-12,14-15,19H,2-4,9,13H2,1H3/t19-/m1/s1. The van der Waals surface area contributed by atoms with E-state index in [-0.39, 0.29) is 17.5 Å². The molecule has 0 aliphatic carbocycles. The number of carbonyl (C=O) groups is 1. The summed E-state index contributed by atoms with van der Waals surface area (Å²) in [5.74, 6) is 0.834. The predicted molar refractivity (Wildman–Crippen MR) is 106 cm³/mol. The molecule has 0 bridgehead atoms. The zero-order valence-corrected chi connectivity index (χ0v) is 15.9. The van der Waals surface area contributed by atoms with Gasteiger partial charge in [0.15, 0.2) is 0 Å². The monoisotopic (exact) mass is 377 g/mol. The average Bonchev–Trinajstić information content (AvgIpc) is 3.14. The highest BCUT2D eigenvalue weighted by Crippen LogP contribution is 2.32. The number of benzene rings is 1. The molecule has 1 fully saturated rings. The van der Waals surface area contributed by atoms with Crippen LogP contribution < -0.4 is 5.56 Å². The lowest BCUT2D eigenvalue weighted by Gasteiger charge is -2.29. The zero-order valence-electron chi connectivity index (χ0n) is 15.9. The van der Waals surface area contributed by atoms with E-state index in [4.69, 9.17) is 4.42 Å². The maximum absolute atomic E-state index is 13.4. The fourth-order valence-electron chi connectivity index (χ4n) is 3.76. The normalized spacial score (nSPS) is 17.3. The molecule has 4 rings (SSSR count).